The van der Waals surface area contributed by atoms with Gasteiger partial charge in [-0.2, -0.15) is 0 Å². The Bertz CT molecular complexity index is 706. The summed E-state index contributed by atoms with van der Waals surface area (Å²) >= 11 is 0. The molecule has 3 rings (SSSR count). The number of anilines is 1. The number of para-hydroxylation sites is 2. The van der Waals surface area contributed by atoms with Crippen LogP contribution in [0, 0.1) is 0 Å². The van der Waals surface area contributed by atoms with Crippen LogP contribution >= 0.6 is 0 Å². The Hall–Kier alpha value is -2.14. The third-order valence-electron chi connectivity index (χ3n) is 3.18. The third kappa shape index (κ3) is 3.70. The van der Waals surface area contributed by atoms with Crippen molar-refractivity contribution in [2.24, 2.45) is 0 Å². The summed E-state index contributed by atoms with van der Waals surface area (Å²) in [7, 11) is -0.867. The molecule has 0 aliphatic carbocycles. The quantitative estimate of drug-likeness (QED) is 0.736. The van der Waals surface area contributed by atoms with E-state index >= 15 is 0 Å². The summed E-state index contributed by atoms with van der Waals surface area (Å²) in [5, 5.41) is 3.19. The van der Waals surface area contributed by atoms with E-state index in [1.54, 1.807) is 0 Å². The molecule has 0 saturated heterocycles. The van der Waals surface area contributed by atoms with Crippen LogP contribution in [-0.4, -0.2) is 26.5 Å². The van der Waals surface area contributed by atoms with Crippen LogP contribution in [0.3, 0.4) is 0 Å². The molecule has 1 heterocycles. The second kappa shape index (κ2) is 6.54. The van der Waals surface area contributed by atoms with Crippen LogP contribution in [0.1, 0.15) is 5.56 Å². The number of aromatic amines is 1. The van der Waals surface area contributed by atoms with Gasteiger partial charge in [-0.3, -0.25) is 4.21 Å². The number of rotatable bonds is 6. The van der Waals surface area contributed by atoms with Crippen molar-refractivity contribution in [3.8, 4) is 0 Å². The maximum Gasteiger partial charge on any atom is 0.201 e. The van der Waals surface area contributed by atoms with Gasteiger partial charge in [-0.25, -0.2) is 4.98 Å². The van der Waals surface area contributed by atoms with Crippen LogP contribution in [0.4, 0.5) is 5.95 Å². The molecule has 0 fully saturated rings. The molecule has 0 amide bonds. The predicted octanol–water partition coefficient (Wildman–Crippen LogP) is 2.92. The lowest BCUT2D eigenvalue weighted by Gasteiger charge is -2.04. The molecule has 0 aliphatic heterocycles. The van der Waals surface area contributed by atoms with Gasteiger partial charge in [-0.1, -0.05) is 42.5 Å². The first-order valence-corrected chi connectivity index (χ1v) is 8.37. The molecule has 0 saturated carbocycles. The Morgan fingerprint density at radius 3 is 2.62 bits per heavy atom. The maximum absolute atomic E-state index is 12.0. The number of nitrogens with zero attached hydrogens (tertiary/aromatic N) is 1. The zero-order valence-corrected chi connectivity index (χ0v) is 12.4. The van der Waals surface area contributed by atoms with E-state index in [4.69, 9.17) is 0 Å². The second-order valence-electron chi connectivity index (χ2n) is 4.80. The van der Waals surface area contributed by atoms with Crippen molar-refractivity contribution in [3.05, 3.63) is 60.2 Å². The van der Waals surface area contributed by atoms with E-state index in [-0.39, 0.29) is 0 Å². The van der Waals surface area contributed by atoms with E-state index in [0.717, 1.165) is 22.5 Å². The Labute approximate surface area is 126 Å². The highest BCUT2D eigenvalue weighted by Gasteiger charge is 2.04. The second-order valence-corrected chi connectivity index (χ2v) is 6.38. The number of H-pyrrole nitrogens is 1. The van der Waals surface area contributed by atoms with Gasteiger partial charge in [0, 0.05) is 28.9 Å². The van der Waals surface area contributed by atoms with Crippen molar-refractivity contribution >= 4 is 27.8 Å². The molecule has 1 unspecified atom stereocenters. The zero-order chi connectivity index (χ0) is 14.5. The number of hydrogen-bond donors (Lipinski definition) is 2. The minimum atomic E-state index is -0.867. The number of benzene rings is 2. The van der Waals surface area contributed by atoms with Gasteiger partial charge >= 0.3 is 0 Å². The minimum absolute atomic E-state index is 0.600. The van der Waals surface area contributed by atoms with Crippen molar-refractivity contribution in [2.45, 2.75) is 5.75 Å². The van der Waals surface area contributed by atoms with Crippen molar-refractivity contribution in [1.82, 2.24) is 9.97 Å². The van der Waals surface area contributed by atoms with E-state index in [1.807, 2.05) is 54.6 Å². The van der Waals surface area contributed by atoms with Crippen LogP contribution in [0.5, 0.6) is 0 Å². The normalized spacial score (nSPS) is 12.4. The van der Waals surface area contributed by atoms with Gasteiger partial charge in [0.25, 0.3) is 0 Å². The molecule has 0 radical (unpaired) electrons. The first-order valence-electron chi connectivity index (χ1n) is 6.89. The van der Waals surface area contributed by atoms with E-state index in [2.05, 4.69) is 15.3 Å². The molecule has 0 spiro atoms. The van der Waals surface area contributed by atoms with Gasteiger partial charge in [0.05, 0.1) is 11.0 Å². The molecule has 2 aromatic carbocycles. The number of imidazole rings is 1. The highest BCUT2D eigenvalue weighted by molar-refractivity contribution is 7.84. The monoisotopic (exact) mass is 299 g/mol. The standard InChI is InChI=1S/C16H17N3OS/c20-21(12-13-6-2-1-3-7-13)11-10-17-16-18-14-8-4-5-9-15(14)19-16/h1-9H,10-12H2,(H2,17,18,19). The maximum atomic E-state index is 12.0. The Morgan fingerprint density at radius 1 is 1.05 bits per heavy atom. The fraction of sp³-hybridized carbons (Fsp3) is 0.188. The third-order valence-corrected chi connectivity index (χ3v) is 4.50. The van der Waals surface area contributed by atoms with Crippen molar-refractivity contribution < 1.29 is 4.21 Å². The minimum Gasteiger partial charge on any atom is -0.355 e. The molecule has 4 nitrogen and oxygen atoms in total. The SMILES string of the molecule is O=S(CCNc1nc2ccccc2[nH]1)Cc1ccccc1. The molecule has 0 aliphatic rings. The molecule has 5 heteroatoms. The summed E-state index contributed by atoms with van der Waals surface area (Å²) < 4.78 is 12.0. The molecule has 0 bridgehead atoms. The van der Waals surface area contributed by atoms with Gasteiger partial charge in [0.2, 0.25) is 5.95 Å². The molecule has 2 N–H and O–H groups in total. The first kappa shape index (κ1) is 13.8. The fourth-order valence-electron chi connectivity index (χ4n) is 2.15. The Morgan fingerprint density at radius 2 is 1.81 bits per heavy atom. The summed E-state index contributed by atoms with van der Waals surface area (Å²) in [5.74, 6) is 1.93. The van der Waals surface area contributed by atoms with Gasteiger partial charge in [-0.15, -0.1) is 0 Å². The molecular weight excluding hydrogens is 282 g/mol. The van der Waals surface area contributed by atoms with Crippen LogP contribution in [0.2, 0.25) is 0 Å². The highest BCUT2D eigenvalue weighted by atomic mass is 32.2. The molecular formula is C16H17N3OS. The van der Waals surface area contributed by atoms with Crippen LogP contribution in [0.25, 0.3) is 11.0 Å². The van der Waals surface area contributed by atoms with E-state index in [9.17, 15) is 4.21 Å². The summed E-state index contributed by atoms with van der Waals surface area (Å²) in [5.41, 5.74) is 3.05. The van der Waals surface area contributed by atoms with Gasteiger partial charge in [-0.05, 0) is 17.7 Å². The lowest BCUT2D eigenvalue weighted by molar-refractivity contribution is 0.682. The number of nitrogens with one attached hydrogen (secondary N) is 2. The molecule has 1 atom stereocenters. The smallest absolute Gasteiger partial charge is 0.201 e. The van der Waals surface area contributed by atoms with E-state index in [0.29, 0.717) is 18.1 Å². The average Bonchev–Trinajstić information content (AvgIpc) is 2.91. The average molecular weight is 299 g/mol. The summed E-state index contributed by atoms with van der Waals surface area (Å²) in [6.45, 7) is 0.638. The van der Waals surface area contributed by atoms with Crippen molar-refractivity contribution in [1.29, 1.82) is 0 Å². The predicted molar refractivity (Wildman–Crippen MR) is 87.7 cm³/mol. The Kier molecular flexibility index (Phi) is 4.31. The lowest BCUT2D eigenvalue weighted by atomic mass is 10.2. The molecule has 21 heavy (non-hydrogen) atoms. The molecule has 3 aromatic rings. The van der Waals surface area contributed by atoms with Gasteiger partial charge < -0.3 is 10.3 Å². The summed E-state index contributed by atoms with van der Waals surface area (Å²) in [6.07, 6.45) is 0. The van der Waals surface area contributed by atoms with Gasteiger partial charge in [0.1, 0.15) is 0 Å². The first-order chi connectivity index (χ1) is 10.3. The van der Waals surface area contributed by atoms with Crippen LogP contribution in [0.15, 0.2) is 54.6 Å². The van der Waals surface area contributed by atoms with Gasteiger partial charge in [0.15, 0.2) is 0 Å². The largest absolute Gasteiger partial charge is 0.355 e. The Balaban J connectivity index is 1.50. The van der Waals surface area contributed by atoms with Crippen LogP contribution < -0.4 is 5.32 Å². The summed E-state index contributed by atoms with van der Waals surface area (Å²) in [6, 6.07) is 17.8. The number of aromatic nitrogens is 2. The molecule has 1 aromatic heterocycles. The molecule has 108 valence electrons. The highest BCUT2D eigenvalue weighted by Crippen LogP contribution is 2.13. The topological polar surface area (TPSA) is 57.8 Å². The lowest BCUT2D eigenvalue weighted by Crippen LogP contribution is -2.12. The number of fused-ring (bicyclic) bond motifs is 1. The zero-order valence-electron chi connectivity index (χ0n) is 11.6. The van der Waals surface area contributed by atoms with E-state index in [1.165, 1.54) is 0 Å². The van der Waals surface area contributed by atoms with Crippen LogP contribution in [-0.2, 0) is 16.6 Å². The van der Waals surface area contributed by atoms with Crippen molar-refractivity contribution in [2.75, 3.05) is 17.6 Å². The van der Waals surface area contributed by atoms with Crippen molar-refractivity contribution in [3.63, 3.8) is 0 Å². The number of hydrogen-bond acceptors (Lipinski definition) is 3. The fourth-order valence-corrected chi connectivity index (χ4v) is 3.19. The summed E-state index contributed by atoms with van der Waals surface area (Å²) in [4.78, 5) is 7.63. The van der Waals surface area contributed by atoms with E-state index < -0.39 is 10.8 Å².